The van der Waals surface area contributed by atoms with Crippen LogP contribution in [0.25, 0.3) is 0 Å². The Bertz CT molecular complexity index is 714. The zero-order valence-electron chi connectivity index (χ0n) is 14.0. The van der Waals surface area contributed by atoms with Gasteiger partial charge in [0.2, 0.25) is 5.91 Å². The van der Waals surface area contributed by atoms with E-state index >= 15 is 0 Å². The van der Waals surface area contributed by atoms with Crippen LogP contribution in [0.4, 0.5) is 4.39 Å². The molecule has 2 atom stereocenters. The first-order valence-electron chi connectivity index (χ1n) is 7.65. The Kier molecular flexibility index (Phi) is 6.14. The van der Waals surface area contributed by atoms with Crippen LogP contribution in [0.5, 0.6) is 0 Å². The summed E-state index contributed by atoms with van der Waals surface area (Å²) in [6.07, 6.45) is 1.77. The van der Waals surface area contributed by atoms with E-state index in [1.165, 1.54) is 23.9 Å². The van der Waals surface area contributed by atoms with E-state index in [9.17, 15) is 9.18 Å². The Hall–Kier alpha value is -2.15. The fourth-order valence-electron chi connectivity index (χ4n) is 2.17. The third-order valence-electron chi connectivity index (χ3n) is 3.59. The molecule has 1 aromatic carbocycles. The molecule has 0 aliphatic rings. The zero-order chi connectivity index (χ0) is 17.7. The van der Waals surface area contributed by atoms with Gasteiger partial charge in [-0.1, -0.05) is 30.0 Å². The molecule has 0 saturated heterocycles. The number of amides is 1. The first-order valence-corrected chi connectivity index (χ1v) is 8.53. The van der Waals surface area contributed by atoms with Gasteiger partial charge >= 0.3 is 0 Å². The van der Waals surface area contributed by atoms with Gasteiger partial charge in [0.05, 0.1) is 11.3 Å². The van der Waals surface area contributed by atoms with Crippen LogP contribution in [-0.4, -0.2) is 25.9 Å². The standard InChI is InChI=1S/C17H21FN4OS/c1-5-10-22-13(4)20-21-17(22)24-12(3)16(23)19-11(2)14-6-8-15(18)9-7-14/h5-9,11-12H,1,10H2,2-4H3,(H,19,23)/t11-,12-/m0/s1. The van der Waals surface area contributed by atoms with Crippen molar-refractivity contribution in [1.29, 1.82) is 0 Å². The van der Waals surface area contributed by atoms with Crippen LogP contribution in [0, 0.1) is 12.7 Å². The molecule has 0 unspecified atom stereocenters. The lowest BCUT2D eigenvalue weighted by molar-refractivity contribution is -0.120. The summed E-state index contributed by atoms with van der Waals surface area (Å²) in [5.41, 5.74) is 0.854. The monoisotopic (exact) mass is 348 g/mol. The van der Waals surface area contributed by atoms with Gasteiger partial charge in [-0.25, -0.2) is 4.39 Å². The number of rotatable bonds is 7. The van der Waals surface area contributed by atoms with Crippen molar-refractivity contribution in [3.63, 3.8) is 0 Å². The second-order valence-electron chi connectivity index (χ2n) is 5.47. The summed E-state index contributed by atoms with van der Waals surface area (Å²) in [5.74, 6) is 0.380. The van der Waals surface area contributed by atoms with Gasteiger partial charge in [0.15, 0.2) is 5.16 Å². The zero-order valence-corrected chi connectivity index (χ0v) is 14.8. The normalized spacial score (nSPS) is 13.3. The van der Waals surface area contributed by atoms with Crippen LogP contribution < -0.4 is 5.32 Å². The highest BCUT2D eigenvalue weighted by atomic mass is 32.2. The smallest absolute Gasteiger partial charge is 0.233 e. The van der Waals surface area contributed by atoms with Gasteiger partial charge in [-0.05, 0) is 38.5 Å². The predicted molar refractivity (Wildman–Crippen MR) is 93.2 cm³/mol. The molecule has 5 nitrogen and oxygen atoms in total. The molecule has 0 saturated carbocycles. The van der Waals surface area contributed by atoms with Gasteiger partial charge in [0, 0.05) is 6.54 Å². The summed E-state index contributed by atoms with van der Waals surface area (Å²) in [4.78, 5) is 12.4. The van der Waals surface area contributed by atoms with Gasteiger partial charge in [-0.15, -0.1) is 16.8 Å². The van der Waals surface area contributed by atoms with Crippen molar-refractivity contribution in [2.75, 3.05) is 0 Å². The molecule has 0 fully saturated rings. The van der Waals surface area contributed by atoms with E-state index in [0.717, 1.165) is 11.4 Å². The third-order valence-corrected chi connectivity index (χ3v) is 4.67. The van der Waals surface area contributed by atoms with Crippen molar-refractivity contribution < 1.29 is 9.18 Å². The highest BCUT2D eigenvalue weighted by Gasteiger charge is 2.20. The van der Waals surface area contributed by atoms with E-state index in [1.807, 2.05) is 25.3 Å². The van der Waals surface area contributed by atoms with E-state index in [0.29, 0.717) is 11.7 Å². The van der Waals surface area contributed by atoms with Crippen molar-refractivity contribution in [3.8, 4) is 0 Å². The van der Waals surface area contributed by atoms with E-state index in [4.69, 9.17) is 0 Å². The van der Waals surface area contributed by atoms with E-state index < -0.39 is 0 Å². The van der Waals surface area contributed by atoms with Gasteiger partial charge in [-0.3, -0.25) is 4.79 Å². The van der Waals surface area contributed by atoms with Gasteiger partial charge in [0.25, 0.3) is 0 Å². The van der Waals surface area contributed by atoms with Crippen LogP contribution in [0.15, 0.2) is 42.1 Å². The topological polar surface area (TPSA) is 59.8 Å². The molecule has 0 aliphatic heterocycles. The Morgan fingerprint density at radius 3 is 2.67 bits per heavy atom. The Morgan fingerprint density at radius 2 is 2.04 bits per heavy atom. The molecule has 1 aromatic heterocycles. The predicted octanol–water partition coefficient (Wildman–Crippen LogP) is 3.27. The summed E-state index contributed by atoms with van der Waals surface area (Å²) < 4.78 is 14.9. The minimum atomic E-state index is -0.333. The average Bonchev–Trinajstić information content (AvgIpc) is 2.89. The third kappa shape index (κ3) is 4.44. The van der Waals surface area contributed by atoms with Crippen LogP contribution in [0.2, 0.25) is 0 Å². The maximum absolute atomic E-state index is 13.0. The molecular weight excluding hydrogens is 327 g/mol. The molecule has 2 aromatic rings. The Labute approximate surface area is 145 Å². The number of allylic oxidation sites excluding steroid dienone is 1. The van der Waals surface area contributed by atoms with Crippen LogP contribution >= 0.6 is 11.8 Å². The fraction of sp³-hybridized carbons (Fsp3) is 0.353. The highest BCUT2D eigenvalue weighted by molar-refractivity contribution is 8.00. The van der Waals surface area contributed by atoms with Crippen molar-refractivity contribution in [2.24, 2.45) is 0 Å². The lowest BCUT2D eigenvalue weighted by atomic mass is 10.1. The lowest BCUT2D eigenvalue weighted by Crippen LogP contribution is -2.33. The summed E-state index contributed by atoms with van der Waals surface area (Å²) in [5, 5.41) is 11.4. The number of hydrogen-bond acceptors (Lipinski definition) is 4. The second kappa shape index (κ2) is 8.10. The number of nitrogens with one attached hydrogen (secondary N) is 1. The number of carbonyl (C=O) groups excluding carboxylic acids is 1. The summed E-state index contributed by atoms with van der Waals surface area (Å²) in [6.45, 7) is 9.87. The summed E-state index contributed by atoms with van der Waals surface area (Å²) in [6, 6.07) is 5.91. The van der Waals surface area contributed by atoms with Crippen LogP contribution in [0.3, 0.4) is 0 Å². The number of hydrogen-bond donors (Lipinski definition) is 1. The number of aryl methyl sites for hydroxylation is 1. The van der Waals surface area contributed by atoms with Gasteiger partial charge in [-0.2, -0.15) is 0 Å². The molecule has 2 rings (SSSR count). The minimum absolute atomic E-state index is 0.109. The number of nitrogens with zero attached hydrogens (tertiary/aromatic N) is 3. The Morgan fingerprint density at radius 1 is 1.38 bits per heavy atom. The molecule has 1 N–H and O–H groups in total. The van der Waals surface area contributed by atoms with E-state index in [-0.39, 0.29) is 23.0 Å². The van der Waals surface area contributed by atoms with Gasteiger partial charge in [0.1, 0.15) is 11.6 Å². The number of benzene rings is 1. The summed E-state index contributed by atoms with van der Waals surface area (Å²) >= 11 is 1.35. The first kappa shape index (κ1) is 18.2. The Balaban J connectivity index is 1.99. The van der Waals surface area contributed by atoms with Crippen molar-refractivity contribution >= 4 is 17.7 Å². The number of thioether (sulfide) groups is 1. The van der Waals surface area contributed by atoms with Gasteiger partial charge < -0.3 is 9.88 Å². The molecule has 0 aliphatic carbocycles. The van der Waals surface area contributed by atoms with E-state index in [1.54, 1.807) is 18.2 Å². The summed E-state index contributed by atoms with van der Waals surface area (Å²) in [7, 11) is 0. The average molecular weight is 348 g/mol. The minimum Gasteiger partial charge on any atom is -0.349 e. The molecule has 0 bridgehead atoms. The van der Waals surface area contributed by atoms with Crippen LogP contribution in [-0.2, 0) is 11.3 Å². The molecule has 1 heterocycles. The molecule has 0 spiro atoms. The highest BCUT2D eigenvalue weighted by Crippen LogP contribution is 2.23. The van der Waals surface area contributed by atoms with E-state index in [2.05, 4.69) is 22.1 Å². The maximum atomic E-state index is 13.0. The maximum Gasteiger partial charge on any atom is 0.233 e. The fourth-order valence-corrected chi connectivity index (χ4v) is 3.08. The molecule has 0 radical (unpaired) electrons. The van der Waals surface area contributed by atoms with Crippen LogP contribution in [0.1, 0.15) is 31.3 Å². The number of carbonyl (C=O) groups is 1. The second-order valence-corrected chi connectivity index (χ2v) is 6.78. The number of halogens is 1. The quantitative estimate of drug-likeness (QED) is 0.616. The lowest BCUT2D eigenvalue weighted by Gasteiger charge is -2.17. The van der Waals surface area contributed by atoms with Crippen molar-refractivity contribution in [2.45, 2.75) is 43.8 Å². The largest absolute Gasteiger partial charge is 0.349 e. The molecular formula is C17H21FN4OS. The first-order chi connectivity index (χ1) is 11.4. The molecule has 7 heteroatoms. The molecule has 24 heavy (non-hydrogen) atoms. The SMILES string of the molecule is C=CCn1c(C)nnc1S[C@@H](C)C(=O)N[C@@H](C)c1ccc(F)cc1. The molecule has 128 valence electrons. The molecule has 1 amide bonds. The van der Waals surface area contributed by atoms with Crippen molar-refractivity contribution in [1.82, 2.24) is 20.1 Å². The van der Waals surface area contributed by atoms with Crippen molar-refractivity contribution in [3.05, 3.63) is 54.1 Å². The number of aromatic nitrogens is 3.